The van der Waals surface area contributed by atoms with Crippen LogP contribution in [0.4, 0.5) is 4.39 Å². The van der Waals surface area contributed by atoms with Crippen LogP contribution in [0.3, 0.4) is 0 Å². The summed E-state index contributed by atoms with van der Waals surface area (Å²) in [6.07, 6.45) is 1.63. The minimum Gasteiger partial charge on any atom is -0.384 e. The van der Waals surface area contributed by atoms with Gasteiger partial charge in [0.25, 0.3) is 0 Å². The summed E-state index contributed by atoms with van der Waals surface area (Å²) in [6, 6.07) is 4.44. The number of fused-ring (bicyclic) bond motifs is 1. The third-order valence-electron chi connectivity index (χ3n) is 2.32. The zero-order valence-electron chi connectivity index (χ0n) is 8.21. The first-order chi connectivity index (χ1) is 7.09. The Hall–Kier alpha value is -1.97. The first kappa shape index (κ1) is 9.58. The quantitative estimate of drug-likeness (QED) is 0.549. The SMILES string of the molecule is Cc1ccnc2c(C(=N)N)cc(F)cc12. The molecule has 0 aliphatic rings. The summed E-state index contributed by atoms with van der Waals surface area (Å²) in [7, 11) is 0. The Bertz CT molecular complexity index is 549. The third kappa shape index (κ3) is 1.54. The molecule has 15 heavy (non-hydrogen) atoms. The largest absolute Gasteiger partial charge is 0.384 e. The molecule has 0 saturated carbocycles. The molecule has 2 aromatic rings. The highest BCUT2D eigenvalue weighted by Gasteiger charge is 2.09. The highest BCUT2D eigenvalue weighted by atomic mass is 19.1. The molecule has 0 amide bonds. The van der Waals surface area contributed by atoms with E-state index in [-0.39, 0.29) is 5.84 Å². The van der Waals surface area contributed by atoms with Gasteiger partial charge in [-0.3, -0.25) is 10.4 Å². The van der Waals surface area contributed by atoms with Crippen molar-refractivity contribution in [1.29, 1.82) is 5.41 Å². The molecule has 4 heteroatoms. The number of halogens is 1. The maximum absolute atomic E-state index is 13.3. The van der Waals surface area contributed by atoms with Crippen LogP contribution in [-0.4, -0.2) is 10.8 Å². The molecular weight excluding hydrogens is 193 g/mol. The number of hydrogen-bond acceptors (Lipinski definition) is 2. The van der Waals surface area contributed by atoms with E-state index in [0.29, 0.717) is 16.5 Å². The first-order valence-corrected chi connectivity index (χ1v) is 4.49. The number of nitrogens with one attached hydrogen (secondary N) is 1. The van der Waals surface area contributed by atoms with Gasteiger partial charge in [-0.25, -0.2) is 4.39 Å². The Morgan fingerprint density at radius 1 is 1.47 bits per heavy atom. The molecule has 0 spiro atoms. The van der Waals surface area contributed by atoms with Gasteiger partial charge >= 0.3 is 0 Å². The lowest BCUT2D eigenvalue weighted by molar-refractivity contribution is 0.629. The van der Waals surface area contributed by atoms with E-state index in [1.165, 1.54) is 12.1 Å². The summed E-state index contributed by atoms with van der Waals surface area (Å²) >= 11 is 0. The van der Waals surface area contributed by atoms with Crippen molar-refractivity contribution >= 4 is 16.7 Å². The predicted molar refractivity (Wildman–Crippen MR) is 57.5 cm³/mol. The van der Waals surface area contributed by atoms with E-state index >= 15 is 0 Å². The first-order valence-electron chi connectivity index (χ1n) is 4.49. The van der Waals surface area contributed by atoms with Gasteiger partial charge < -0.3 is 5.73 Å². The Balaban J connectivity index is 2.92. The lowest BCUT2D eigenvalue weighted by Crippen LogP contribution is -2.12. The molecule has 0 saturated heterocycles. The number of aromatic nitrogens is 1. The number of hydrogen-bond donors (Lipinski definition) is 2. The number of benzene rings is 1. The zero-order chi connectivity index (χ0) is 11.0. The van der Waals surface area contributed by atoms with E-state index in [1.807, 2.05) is 6.92 Å². The van der Waals surface area contributed by atoms with Gasteiger partial charge in [-0.05, 0) is 30.7 Å². The minimum absolute atomic E-state index is 0.169. The number of nitrogens with two attached hydrogens (primary N) is 1. The van der Waals surface area contributed by atoms with Gasteiger partial charge in [0, 0.05) is 17.1 Å². The molecule has 0 fully saturated rings. The van der Waals surface area contributed by atoms with Crippen molar-refractivity contribution in [2.75, 3.05) is 0 Å². The van der Waals surface area contributed by atoms with Gasteiger partial charge in [0.1, 0.15) is 11.7 Å². The molecule has 1 aromatic heterocycles. The lowest BCUT2D eigenvalue weighted by Gasteiger charge is -2.06. The fourth-order valence-corrected chi connectivity index (χ4v) is 1.56. The molecule has 1 aromatic carbocycles. The molecule has 2 rings (SSSR count). The van der Waals surface area contributed by atoms with Gasteiger partial charge in [0.05, 0.1) is 5.52 Å². The number of amidine groups is 1. The average molecular weight is 203 g/mol. The van der Waals surface area contributed by atoms with Gasteiger partial charge in [-0.2, -0.15) is 0 Å². The summed E-state index contributed by atoms with van der Waals surface area (Å²) in [5.41, 5.74) is 7.21. The topological polar surface area (TPSA) is 62.8 Å². The van der Waals surface area contributed by atoms with E-state index in [0.717, 1.165) is 5.56 Å². The molecule has 0 radical (unpaired) electrons. The second-order valence-electron chi connectivity index (χ2n) is 3.39. The lowest BCUT2D eigenvalue weighted by atomic mass is 10.1. The smallest absolute Gasteiger partial charge is 0.125 e. The molecule has 0 aliphatic carbocycles. The number of aryl methyl sites for hydroxylation is 1. The third-order valence-corrected chi connectivity index (χ3v) is 2.32. The van der Waals surface area contributed by atoms with Crippen molar-refractivity contribution in [3.05, 3.63) is 41.3 Å². The molecular formula is C11H10FN3. The number of nitrogen functional groups attached to an aromatic ring is 1. The highest BCUT2D eigenvalue weighted by Crippen LogP contribution is 2.21. The van der Waals surface area contributed by atoms with E-state index in [4.69, 9.17) is 11.1 Å². The molecule has 0 aliphatic heterocycles. The summed E-state index contributed by atoms with van der Waals surface area (Å²) in [6.45, 7) is 1.87. The molecule has 1 heterocycles. The Labute approximate surface area is 86.3 Å². The van der Waals surface area contributed by atoms with Crippen molar-refractivity contribution < 1.29 is 4.39 Å². The standard InChI is InChI=1S/C11H10FN3/c1-6-2-3-15-10-8(6)4-7(12)5-9(10)11(13)14/h2-5H,1H3,(H3,13,14). The summed E-state index contributed by atoms with van der Waals surface area (Å²) < 4.78 is 13.3. The fourth-order valence-electron chi connectivity index (χ4n) is 1.56. The Morgan fingerprint density at radius 2 is 2.20 bits per heavy atom. The summed E-state index contributed by atoms with van der Waals surface area (Å²) in [5, 5.41) is 8.05. The van der Waals surface area contributed by atoms with Gasteiger partial charge in [-0.15, -0.1) is 0 Å². The van der Waals surface area contributed by atoms with Crippen molar-refractivity contribution in [3.63, 3.8) is 0 Å². The van der Waals surface area contributed by atoms with Crippen LogP contribution in [0.25, 0.3) is 10.9 Å². The predicted octanol–water partition coefficient (Wildman–Crippen LogP) is 1.97. The van der Waals surface area contributed by atoms with Crippen LogP contribution in [-0.2, 0) is 0 Å². The van der Waals surface area contributed by atoms with Crippen LogP contribution >= 0.6 is 0 Å². The Morgan fingerprint density at radius 3 is 2.87 bits per heavy atom. The van der Waals surface area contributed by atoms with E-state index in [9.17, 15) is 4.39 Å². The highest BCUT2D eigenvalue weighted by molar-refractivity contribution is 6.06. The van der Waals surface area contributed by atoms with Crippen molar-refractivity contribution in [1.82, 2.24) is 4.98 Å². The van der Waals surface area contributed by atoms with Crippen LogP contribution in [0.5, 0.6) is 0 Å². The second-order valence-corrected chi connectivity index (χ2v) is 3.39. The van der Waals surface area contributed by atoms with Crippen LogP contribution < -0.4 is 5.73 Å². The minimum atomic E-state index is -0.399. The molecule has 0 atom stereocenters. The van der Waals surface area contributed by atoms with Crippen LogP contribution in [0, 0.1) is 18.2 Å². The van der Waals surface area contributed by atoms with E-state index in [1.54, 1.807) is 12.3 Å². The Kier molecular flexibility index (Phi) is 2.11. The van der Waals surface area contributed by atoms with Gasteiger partial charge in [-0.1, -0.05) is 0 Å². The fraction of sp³-hybridized carbons (Fsp3) is 0.0909. The van der Waals surface area contributed by atoms with Crippen molar-refractivity contribution in [3.8, 4) is 0 Å². The zero-order valence-corrected chi connectivity index (χ0v) is 8.21. The maximum Gasteiger partial charge on any atom is 0.125 e. The normalized spacial score (nSPS) is 10.5. The molecule has 0 unspecified atom stereocenters. The summed E-state index contributed by atoms with van der Waals surface area (Å²) in [5.74, 6) is -0.568. The molecule has 3 N–H and O–H groups in total. The van der Waals surface area contributed by atoms with Crippen LogP contribution in [0.15, 0.2) is 24.4 Å². The molecule has 76 valence electrons. The van der Waals surface area contributed by atoms with Gasteiger partial charge in [0.2, 0.25) is 0 Å². The van der Waals surface area contributed by atoms with E-state index < -0.39 is 5.82 Å². The van der Waals surface area contributed by atoms with Crippen molar-refractivity contribution in [2.45, 2.75) is 6.92 Å². The number of rotatable bonds is 1. The monoisotopic (exact) mass is 203 g/mol. The second kappa shape index (κ2) is 3.31. The van der Waals surface area contributed by atoms with Crippen molar-refractivity contribution in [2.24, 2.45) is 5.73 Å². The summed E-state index contributed by atoms with van der Waals surface area (Å²) in [4.78, 5) is 4.12. The molecule has 0 bridgehead atoms. The number of pyridine rings is 1. The molecule has 3 nitrogen and oxygen atoms in total. The van der Waals surface area contributed by atoms with Crippen LogP contribution in [0.1, 0.15) is 11.1 Å². The average Bonchev–Trinajstić information content (AvgIpc) is 2.18. The van der Waals surface area contributed by atoms with Crippen LogP contribution in [0.2, 0.25) is 0 Å². The van der Waals surface area contributed by atoms with Gasteiger partial charge in [0.15, 0.2) is 0 Å². The van der Waals surface area contributed by atoms with E-state index in [2.05, 4.69) is 4.98 Å². The maximum atomic E-state index is 13.3. The number of nitrogens with zero attached hydrogens (tertiary/aromatic N) is 1.